The Morgan fingerprint density at radius 3 is 2.28 bits per heavy atom. The van der Waals surface area contributed by atoms with E-state index in [0.29, 0.717) is 25.2 Å². The summed E-state index contributed by atoms with van der Waals surface area (Å²) in [6.07, 6.45) is 2.19. The van der Waals surface area contributed by atoms with Crippen molar-refractivity contribution in [1.82, 2.24) is 19.4 Å². The lowest BCUT2D eigenvalue weighted by molar-refractivity contribution is 0.0374. The molecule has 0 aliphatic carbocycles. The standard InChI is InChI=1S/C20H32N4O4S/c1-29(26,27)24-11-9-23(10-12-24)17-18-3-5-19(6-4-18)20(25)21-7-2-8-22-13-15-28-16-14-22/h3-6H,2,7-17H2,1H3,(H,21,25). The van der Waals surface area contributed by atoms with Crippen LogP contribution in [0.15, 0.2) is 24.3 Å². The number of hydrogen-bond donors (Lipinski definition) is 1. The summed E-state index contributed by atoms with van der Waals surface area (Å²) in [5.74, 6) is -0.0414. The van der Waals surface area contributed by atoms with Crippen molar-refractivity contribution in [3.63, 3.8) is 0 Å². The molecule has 3 rings (SSSR count). The minimum atomic E-state index is -3.10. The summed E-state index contributed by atoms with van der Waals surface area (Å²) >= 11 is 0. The Labute approximate surface area is 173 Å². The molecule has 0 atom stereocenters. The van der Waals surface area contributed by atoms with Gasteiger partial charge in [0.05, 0.1) is 19.5 Å². The molecule has 2 aliphatic rings. The molecule has 2 fully saturated rings. The van der Waals surface area contributed by atoms with Gasteiger partial charge in [-0.25, -0.2) is 8.42 Å². The first kappa shape index (κ1) is 22.2. The van der Waals surface area contributed by atoms with Crippen molar-refractivity contribution in [3.05, 3.63) is 35.4 Å². The first-order chi connectivity index (χ1) is 13.9. The smallest absolute Gasteiger partial charge is 0.251 e. The van der Waals surface area contributed by atoms with E-state index in [-0.39, 0.29) is 5.91 Å². The van der Waals surface area contributed by atoms with Gasteiger partial charge in [0.15, 0.2) is 0 Å². The summed E-state index contributed by atoms with van der Waals surface area (Å²) in [6.45, 7) is 8.46. The molecule has 1 aromatic rings. The molecule has 29 heavy (non-hydrogen) atoms. The van der Waals surface area contributed by atoms with Gasteiger partial charge in [0.1, 0.15) is 0 Å². The molecular weight excluding hydrogens is 392 g/mol. The number of rotatable bonds is 8. The summed E-state index contributed by atoms with van der Waals surface area (Å²) in [4.78, 5) is 16.9. The fourth-order valence-corrected chi connectivity index (χ4v) is 4.50. The van der Waals surface area contributed by atoms with Crippen molar-refractivity contribution < 1.29 is 17.9 Å². The molecule has 0 spiro atoms. The van der Waals surface area contributed by atoms with Gasteiger partial charge >= 0.3 is 0 Å². The van der Waals surface area contributed by atoms with E-state index in [2.05, 4.69) is 15.1 Å². The molecule has 0 unspecified atom stereocenters. The van der Waals surface area contributed by atoms with Crippen LogP contribution < -0.4 is 5.32 Å². The highest BCUT2D eigenvalue weighted by molar-refractivity contribution is 7.88. The molecule has 8 nitrogen and oxygen atoms in total. The van der Waals surface area contributed by atoms with Crippen molar-refractivity contribution in [3.8, 4) is 0 Å². The molecule has 2 heterocycles. The van der Waals surface area contributed by atoms with Crippen LogP contribution >= 0.6 is 0 Å². The average Bonchev–Trinajstić information content (AvgIpc) is 2.72. The van der Waals surface area contributed by atoms with Gasteiger partial charge in [-0.1, -0.05) is 12.1 Å². The van der Waals surface area contributed by atoms with Crippen molar-refractivity contribution >= 4 is 15.9 Å². The maximum atomic E-state index is 12.3. The lowest BCUT2D eigenvalue weighted by Gasteiger charge is -2.33. The number of carbonyl (C=O) groups is 1. The molecule has 1 N–H and O–H groups in total. The van der Waals surface area contributed by atoms with Gasteiger partial charge in [0.2, 0.25) is 10.0 Å². The van der Waals surface area contributed by atoms with Gasteiger partial charge in [-0.2, -0.15) is 4.31 Å². The van der Waals surface area contributed by atoms with E-state index >= 15 is 0 Å². The number of benzene rings is 1. The zero-order valence-corrected chi connectivity index (χ0v) is 18.0. The largest absolute Gasteiger partial charge is 0.379 e. The number of amides is 1. The Bertz CT molecular complexity index is 755. The molecule has 0 saturated carbocycles. The summed E-state index contributed by atoms with van der Waals surface area (Å²) in [5.41, 5.74) is 1.80. The maximum Gasteiger partial charge on any atom is 0.251 e. The number of morpholine rings is 1. The van der Waals surface area contributed by atoms with Crippen LogP contribution in [0.3, 0.4) is 0 Å². The lowest BCUT2D eigenvalue weighted by Crippen LogP contribution is -2.47. The molecule has 1 aromatic carbocycles. The second-order valence-corrected chi connectivity index (χ2v) is 9.68. The fraction of sp³-hybridized carbons (Fsp3) is 0.650. The summed E-state index contributed by atoms with van der Waals surface area (Å²) < 4.78 is 30.0. The van der Waals surface area contributed by atoms with Crippen LogP contribution in [0.5, 0.6) is 0 Å². The van der Waals surface area contributed by atoms with E-state index < -0.39 is 10.0 Å². The van der Waals surface area contributed by atoms with Gasteiger partial charge in [-0.3, -0.25) is 14.6 Å². The Hall–Kier alpha value is -1.52. The first-order valence-electron chi connectivity index (χ1n) is 10.3. The molecule has 162 valence electrons. The lowest BCUT2D eigenvalue weighted by atomic mass is 10.1. The third-order valence-corrected chi connectivity index (χ3v) is 6.77. The van der Waals surface area contributed by atoms with Crippen molar-refractivity contribution in [2.75, 3.05) is 71.8 Å². The molecular formula is C20H32N4O4S. The minimum absolute atomic E-state index is 0.0414. The second-order valence-electron chi connectivity index (χ2n) is 7.70. The van der Waals surface area contributed by atoms with Crippen LogP contribution in [-0.2, 0) is 21.3 Å². The van der Waals surface area contributed by atoms with Crippen molar-refractivity contribution in [2.45, 2.75) is 13.0 Å². The van der Waals surface area contributed by atoms with Gasteiger partial charge in [0, 0.05) is 57.9 Å². The predicted molar refractivity (Wildman–Crippen MR) is 112 cm³/mol. The van der Waals surface area contributed by atoms with Crippen LogP contribution in [0, 0.1) is 0 Å². The summed E-state index contributed by atoms with van der Waals surface area (Å²) in [5, 5.41) is 2.99. The highest BCUT2D eigenvalue weighted by Crippen LogP contribution is 2.12. The molecule has 2 saturated heterocycles. The molecule has 0 radical (unpaired) electrons. The van der Waals surface area contributed by atoms with Crippen molar-refractivity contribution in [2.24, 2.45) is 0 Å². The summed E-state index contributed by atoms with van der Waals surface area (Å²) in [6, 6.07) is 7.68. The number of nitrogens with one attached hydrogen (secondary N) is 1. The molecule has 9 heteroatoms. The maximum absolute atomic E-state index is 12.3. The van der Waals surface area contributed by atoms with Gasteiger partial charge in [-0.05, 0) is 30.7 Å². The normalized spacial score (nSPS) is 19.9. The molecule has 2 aliphatic heterocycles. The zero-order chi connectivity index (χ0) is 20.7. The highest BCUT2D eigenvalue weighted by atomic mass is 32.2. The van der Waals surface area contributed by atoms with Gasteiger partial charge < -0.3 is 10.1 Å². The number of sulfonamides is 1. The quantitative estimate of drug-likeness (QED) is 0.601. The molecule has 0 aromatic heterocycles. The first-order valence-corrected chi connectivity index (χ1v) is 12.1. The zero-order valence-electron chi connectivity index (χ0n) is 17.2. The highest BCUT2D eigenvalue weighted by Gasteiger charge is 2.23. The number of hydrogen-bond acceptors (Lipinski definition) is 6. The fourth-order valence-electron chi connectivity index (χ4n) is 3.67. The van der Waals surface area contributed by atoms with E-state index in [0.717, 1.165) is 64.5 Å². The van der Waals surface area contributed by atoms with Crippen LogP contribution in [-0.4, -0.2) is 100 Å². The van der Waals surface area contributed by atoms with Crippen molar-refractivity contribution in [1.29, 1.82) is 0 Å². The second kappa shape index (κ2) is 10.5. The Kier molecular flexibility index (Phi) is 8.02. The van der Waals surface area contributed by atoms with E-state index in [1.165, 1.54) is 10.6 Å². The number of ether oxygens (including phenoxy) is 1. The third kappa shape index (κ3) is 7.04. The summed E-state index contributed by atoms with van der Waals surface area (Å²) in [7, 11) is -3.10. The van der Waals surface area contributed by atoms with E-state index in [1.54, 1.807) is 0 Å². The van der Waals surface area contributed by atoms with E-state index in [9.17, 15) is 13.2 Å². The van der Waals surface area contributed by atoms with Crippen LogP contribution in [0.25, 0.3) is 0 Å². The molecule has 0 bridgehead atoms. The average molecular weight is 425 g/mol. The Morgan fingerprint density at radius 1 is 1.00 bits per heavy atom. The number of piperazine rings is 1. The number of nitrogens with zero attached hydrogens (tertiary/aromatic N) is 3. The third-order valence-electron chi connectivity index (χ3n) is 5.46. The van der Waals surface area contributed by atoms with Crippen LogP contribution in [0.1, 0.15) is 22.3 Å². The van der Waals surface area contributed by atoms with E-state index in [4.69, 9.17) is 4.74 Å². The van der Waals surface area contributed by atoms with Gasteiger partial charge in [-0.15, -0.1) is 0 Å². The monoisotopic (exact) mass is 424 g/mol. The van der Waals surface area contributed by atoms with E-state index in [1.807, 2.05) is 24.3 Å². The molecule has 1 amide bonds. The van der Waals surface area contributed by atoms with Crippen LogP contribution in [0.2, 0.25) is 0 Å². The van der Waals surface area contributed by atoms with Crippen LogP contribution in [0.4, 0.5) is 0 Å². The predicted octanol–water partition coefficient (Wildman–Crippen LogP) is 0.216. The van der Waals surface area contributed by atoms with Gasteiger partial charge in [0.25, 0.3) is 5.91 Å². The number of carbonyl (C=O) groups excluding carboxylic acids is 1. The minimum Gasteiger partial charge on any atom is -0.379 e. The Balaban J connectivity index is 1.37. The SMILES string of the molecule is CS(=O)(=O)N1CCN(Cc2ccc(C(=O)NCCCN3CCOCC3)cc2)CC1. The topological polar surface area (TPSA) is 82.2 Å². The Morgan fingerprint density at radius 2 is 1.66 bits per heavy atom.